The van der Waals surface area contributed by atoms with E-state index in [9.17, 15) is 19.5 Å². The molecule has 8 heteroatoms. The molecule has 0 atom stereocenters. The van der Waals surface area contributed by atoms with Gasteiger partial charge in [0.15, 0.2) is 17.2 Å². The standard InChI is InChI=1S/C24H29N3O5/c1-6-32-21-19-17(26(5)20(21)22(29)25-14-24(3,4)31)12-15(2)27(23(19)30)13-18(28)16-10-8-7-9-11-16/h7-12,31H,6,13-14H2,1-5H3,(H,25,29). The van der Waals surface area contributed by atoms with E-state index >= 15 is 0 Å². The van der Waals surface area contributed by atoms with Gasteiger partial charge >= 0.3 is 0 Å². The van der Waals surface area contributed by atoms with E-state index in [0.717, 1.165) is 0 Å². The van der Waals surface area contributed by atoms with Crippen molar-refractivity contribution in [1.82, 2.24) is 14.5 Å². The van der Waals surface area contributed by atoms with Crippen LogP contribution < -0.4 is 15.6 Å². The number of rotatable bonds is 8. The predicted octanol–water partition coefficient (Wildman–Crippen LogP) is 2.43. The number of aryl methyl sites for hydroxylation is 2. The fraction of sp³-hybridized carbons (Fsp3) is 0.375. The molecule has 170 valence electrons. The summed E-state index contributed by atoms with van der Waals surface area (Å²) in [6.07, 6.45) is 0. The van der Waals surface area contributed by atoms with Crippen molar-refractivity contribution in [2.75, 3.05) is 13.2 Å². The van der Waals surface area contributed by atoms with Gasteiger partial charge in [-0.25, -0.2) is 0 Å². The number of carbonyl (C=O) groups is 2. The van der Waals surface area contributed by atoms with Crippen LogP contribution in [0.4, 0.5) is 0 Å². The maximum atomic E-state index is 13.5. The first-order valence-electron chi connectivity index (χ1n) is 10.5. The monoisotopic (exact) mass is 439 g/mol. The molecule has 3 rings (SSSR count). The van der Waals surface area contributed by atoms with Gasteiger partial charge in [0, 0.05) is 24.8 Å². The highest BCUT2D eigenvalue weighted by Crippen LogP contribution is 2.31. The summed E-state index contributed by atoms with van der Waals surface area (Å²) >= 11 is 0. The lowest BCUT2D eigenvalue weighted by molar-refractivity contribution is 0.0688. The van der Waals surface area contributed by atoms with Gasteiger partial charge in [-0.2, -0.15) is 0 Å². The number of fused-ring (bicyclic) bond motifs is 1. The number of hydrogen-bond donors (Lipinski definition) is 2. The Morgan fingerprint density at radius 3 is 2.44 bits per heavy atom. The average molecular weight is 440 g/mol. The molecule has 0 saturated carbocycles. The molecule has 32 heavy (non-hydrogen) atoms. The van der Waals surface area contributed by atoms with E-state index in [1.54, 1.807) is 69.6 Å². The number of carbonyl (C=O) groups excluding carboxylic acids is 2. The predicted molar refractivity (Wildman–Crippen MR) is 122 cm³/mol. The van der Waals surface area contributed by atoms with Crippen molar-refractivity contribution in [1.29, 1.82) is 0 Å². The van der Waals surface area contributed by atoms with Crippen molar-refractivity contribution >= 4 is 22.6 Å². The van der Waals surface area contributed by atoms with Crippen molar-refractivity contribution in [3.8, 4) is 5.75 Å². The first-order valence-corrected chi connectivity index (χ1v) is 10.5. The second-order valence-corrected chi connectivity index (χ2v) is 8.39. The van der Waals surface area contributed by atoms with Gasteiger partial charge in [0.1, 0.15) is 5.39 Å². The molecule has 1 aromatic carbocycles. The van der Waals surface area contributed by atoms with Crippen LogP contribution >= 0.6 is 0 Å². The minimum Gasteiger partial charge on any atom is -0.491 e. The molecule has 2 heterocycles. The van der Waals surface area contributed by atoms with Gasteiger partial charge in [0.05, 0.1) is 24.3 Å². The Morgan fingerprint density at radius 1 is 1.19 bits per heavy atom. The van der Waals surface area contributed by atoms with Crippen molar-refractivity contribution in [3.05, 3.63) is 63.7 Å². The van der Waals surface area contributed by atoms with Crippen LogP contribution in [-0.2, 0) is 13.6 Å². The van der Waals surface area contributed by atoms with E-state index in [1.807, 2.05) is 6.07 Å². The summed E-state index contributed by atoms with van der Waals surface area (Å²) in [5.74, 6) is -0.477. The Hall–Kier alpha value is -3.39. The number of amides is 1. The summed E-state index contributed by atoms with van der Waals surface area (Å²) in [5, 5.41) is 12.9. The molecule has 0 radical (unpaired) electrons. The van der Waals surface area contributed by atoms with E-state index in [-0.39, 0.29) is 42.3 Å². The van der Waals surface area contributed by atoms with Crippen molar-refractivity contribution in [3.63, 3.8) is 0 Å². The van der Waals surface area contributed by atoms with Crippen LogP contribution in [0.25, 0.3) is 10.9 Å². The number of ketones is 1. The third kappa shape index (κ3) is 4.60. The Bertz CT molecular complexity index is 1220. The van der Waals surface area contributed by atoms with Crippen LogP contribution in [0, 0.1) is 6.92 Å². The SMILES string of the molecule is CCOc1c(C(=O)NCC(C)(C)O)n(C)c2cc(C)n(CC(=O)c3ccccc3)c(=O)c12. The number of hydrogen-bond acceptors (Lipinski definition) is 5. The van der Waals surface area contributed by atoms with Crippen LogP contribution in [0.1, 0.15) is 47.3 Å². The molecule has 0 saturated heterocycles. The Kier molecular flexibility index (Phi) is 6.55. The second kappa shape index (κ2) is 9.00. The summed E-state index contributed by atoms with van der Waals surface area (Å²) in [6.45, 7) is 6.86. The molecule has 1 amide bonds. The van der Waals surface area contributed by atoms with E-state index in [4.69, 9.17) is 4.74 Å². The van der Waals surface area contributed by atoms with E-state index in [0.29, 0.717) is 16.8 Å². The molecule has 0 fully saturated rings. The molecule has 0 aliphatic rings. The quantitative estimate of drug-likeness (QED) is 0.525. The van der Waals surface area contributed by atoms with Crippen molar-refractivity contribution in [2.24, 2.45) is 7.05 Å². The molecule has 0 aliphatic carbocycles. The zero-order valence-electron chi connectivity index (χ0n) is 19.1. The van der Waals surface area contributed by atoms with Gasteiger partial charge in [-0.15, -0.1) is 0 Å². The van der Waals surface area contributed by atoms with Gasteiger partial charge < -0.3 is 24.3 Å². The van der Waals surface area contributed by atoms with Gasteiger partial charge in [0.2, 0.25) is 0 Å². The smallest absolute Gasteiger partial charge is 0.271 e. The number of pyridine rings is 1. The molecule has 2 N–H and O–H groups in total. The number of ether oxygens (including phenoxy) is 1. The summed E-state index contributed by atoms with van der Waals surface area (Å²) in [6, 6.07) is 10.6. The molecule has 3 aromatic rings. The molecule has 8 nitrogen and oxygen atoms in total. The average Bonchev–Trinajstić information content (AvgIpc) is 3.01. The summed E-state index contributed by atoms with van der Waals surface area (Å²) in [7, 11) is 1.68. The van der Waals surface area contributed by atoms with Crippen LogP contribution in [-0.4, -0.2) is 44.7 Å². The van der Waals surface area contributed by atoms with Crippen LogP contribution in [0.2, 0.25) is 0 Å². The zero-order chi connectivity index (χ0) is 23.6. The number of benzene rings is 1. The maximum absolute atomic E-state index is 13.5. The Labute approximate surface area is 186 Å². The molecule has 2 aromatic heterocycles. The van der Waals surface area contributed by atoms with Crippen molar-refractivity contribution in [2.45, 2.75) is 39.8 Å². The first-order chi connectivity index (χ1) is 15.0. The molecular formula is C24H29N3O5. The second-order valence-electron chi connectivity index (χ2n) is 8.39. The lowest BCUT2D eigenvalue weighted by Crippen LogP contribution is -2.38. The molecular weight excluding hydrogens is 410 g/mol. The Balaban J connectivity index is 2.12. The number of Topliss-reactive ketones (excluding diaryl/α,β-unsaturated/α-hetero) is 1. The highest BCUT2D eigenvalue weighted by molar-refractivity contribution is 6.04. The largest absolute Gasteiger partial charge is 0.491 e. The lowest BCUT2D eigenvalue weighted by Gasteiger charge is -2.18. The molecule has 0 bridgehead atoms. The fourth-order valence-electron chi connectivity index (χ4n) is 3.60. The van der Waals surface area contributed by atoms with Crippen LogP contribution in [0.15, 0.2) is 41.2 Å². The van der Waals surface area contributed by atoms with E-state index in [1.165, 1.54) is 4.57 Å². The summed E-state index contributed by atoms with van der Waals surface area (Å²) < 4.78 is 8.76. The molecule has 0 spiro atoms. The summed E-state index contributed by atoms with van der Waals surface area (Å²) in [5.41, 5.74) is 0.350. The highest BCUT2D eigenvalue weighted by atomic mass is 16.5. The van der Waals surface area contributed by atoms with Gasteiger partial charge in [-0.05, 0) is 33.8 Å². The third-order valence-electron chi connectivity index (χ3n) is 5.21. The van der Waals surface area contributed by atoms with Crippen LogP contribution in [0.5, 0.6) is 5.75 Å². The third-order valence-corrected chi connectivity index (χ3v) is 5.21. The van der Waals surface area contributed by atoms with Gasteiger partial charge in [-0.1, -0.05) is 30.3 Å². The topological polar surface area (TPSA) is 103 Å². The number of nitrogens with zero attached hydrogens (tertiary/aromatic N) is 2. The van der Waals surface area contributed by atoms with Gasteiger partial charge in [-0.3, -0.25) is 14.4 Å². The number of aromatic nitrogens is 2. The number of nitrogens with one attached hydrogen (secondary N) is 1. The van der Waals surface area contributed by atoms with Crippen molar-refractivity contribution < 1.29 is 19.4 Å². The maximum Gasteiger partial charge on any atom is 0.271 e. The zero-order valence-corrected chi connectivity index (χ0v) is 19.1. The highest BCUT2D eigenvalue weighted by Gasteiger charge is 2.27. The minimum atomic E-state index is -1.09. The lowest BCUT2D eigenvalue weighted by atomic mass is 10.1. The Morgan fingerprint density at radius 2 is 1.84 bits per heavy atom. The molecule has 0 unspecified atom stereocenters. The number of aliphatic hydroxyl groups is 1. The van der Waals surface area contributed by atoms with E-state index < -0.39 is 17.1 Å². The normalized spacial score (nSPS) is 11.6. The molecule has 0 aliphatic heterocycles. The van der Waals surface area contributed by atoms with Crippen LogP contribution in [0.3, 0.4) is 0 Å². The summed E-state index contributed by atoms with van der Waals surface area (Å²) in [4.78, 5) is 39.1. The minimum absolute atomic E-state index is 0.0355. The fourth-order valence-corrected chi connectivity index (χ4v) is 3.60. The first kappa shape index (κ1) is 23.3. The van der Waals surface area contributed by atoms with E-state index in [2.05, 4.69) is 5.32 Å². The van der Waals surface area contributed by atoms with Gasteiger partial charge in [0.25, 0.3) is 11.5 Å².